The standard InChI is InChI=1S/C23H23ClN2O5/c1-4-25(13-22(28)29)21(27)12-18-14(2)26(20-10-9-17(31-3)11-19(18)20)23(30)15-5-7-16(24)8-6-15/h5-11H,4,12-13H2,1-3H3,(H,28,29). The fourth-order valence-corrected chi connectivity index (χ4v) is 3.72. The second-order valence-corrected chi connectivity index (χ2v) is 7.51. The van der Waals surface area contributed by atoms with Crippen molar-refractivity contribution >= 4 is 40.3 Å². The number of aliphatic carboxylic acids is 1. The lowest BCUT2D eigenvalue weighted by atomic mass is 10.1. The van der Waals surface area contributed by atoms with Gasteiger partial charge in [-0.05, 0) is 61.9 Å². The van der Waals surface area contributed by atoms with E-state index in [4.69, 9.17) is 21.4 Å². The Morgan fingerprint density at radius 3 is 2.39 bits per heavy atom. The summed E-state index contributed by atoms with van der Waals surface area (Å²) in [4.78, 5) is 38.5. The third-order valence-corrected chi connectivity index (χ3v) is 5.48. The Labute approximate surface area is 184 Å². The molecule has 1 heterocycles. The minimum Gasteiger partial charge on any atom is -0.497 e. The Hall–Kier alpha value is -3.32. The van der Waals surface area contributed by atoms with Crippen molar-refractivity contribution in [1.29, 1.82) is 0 Å². The van der Waals surface area contributed by atoms with Crippen molar-refractivity contribution in [3.8, 4) is 5.75 Å². The van der Waals surface area contributed by atoms with E-state index in [1.165, 1.54) is 4.90 Å². The van der Waals surface area contributed by atoms with Crippen molar-refractivity contribution in [2.45, 2.75) is 20.3 Å². The smallest absolute Gasteiger partial charge is 0.323 e. The van der Waals surface area contributed by atoms with E-state index in [2.05, 4.69) is 0 Å². The van der Waals surface area contributed by atoms with Crippen LogP contribution in [0, 0.1) is 6.92 Å². The van der Waals surface area contributed by atoms with Gasteiger partial charge in [-0.2, -0.15) is 0 Å². The average Bonchev–Trinajstić information content (AvgIpc) is 3.02. The minimum absolute atomic E-state index is 0.0302. The van der Waals surface area contributed by atoms with Crippen LogP contribution in [0.2, 0.25) is 5.02 Å². The summed E-state index contributed by atoms with van der Waals surface area (Å²) >= 11 is 5.95. The first-order chi connectivity index (χ1) is 14.8. The molecule has 0 unspecified atom stereocenters. The predicted octanol–water partition coefficient (Wildman–Crippen LogP) is 3.78. The van der Waals surface area contributed by atoms with Gasteiger partial charge in [0.15, 0.2) is 0 Å². The van der Waals surface area contributed by atoms with Gasteiger partial charge < -0.3 is 14.7 Å². The van der Waals surface area contributed by atoms with Crippen molar-refractivity contribution in [3.05, 3.63) is 64.3 Å². The number of nitrogens with zero attached hydrogens (tertiary/aromatic N) is 2. The largest absolute Gasteiger partial charge is 0.497 e. The highest BCUT2D eigenvalue weighted by Crippen LogP contribution is 2.31. The van der Waals surface area contributed by atoms with Crippen LogP contribution in [0.3, 0.4) is 0 Å². The summed E-state index contributed by atoms with van der Waals surface area (Å²) < 4.78 is 6.89. The summed E-state index contributed by atoms with van der Waals surface area (Å²) in [7, 11) is 1.54. The normalized spacial score (nSPS) is 10.8. The first kappa shape index (κ1) is 22.4. The lowest BCUT2D eigenvalue weighted by Crippen LogP contribution is -2.36. The Morgan fingerprint density at radius 1 is 1.13 bits per heavy atom. The molecular formula is C23H23ClN2O5. The zero-order valence-corrected chi connectivity index (χ0v) is 18.3. The molecule has 0 aliphatic carbocycles. The number of aromatic nitrogens is 1. The highest BCUT2D eigenvalue weighted by atomic mass is 35.5. The molecule has 0 fully saturated rings. The number of hydrogen-bond donors (Lipinski definition) is 1. The maximum atomic E-state index is 13.3. The molecule has 162 valence electrons. The molecule has 1 amide bonds. The van der Waals surface area contributed by atoms with E-state index in [-0.39, 0.29) is 31.3 Å². The Morgan fingerprint density at radius 2 is 1.81 bits per heavy atom. The molecule has 3 rings (SSSR count). The zero-order valence-electron chi connectivity index (χ0n) is 17.5. The fraction of sp³-hybridized carbons (Fsp3) is 0.261. The van der Waals surface area contributed by atoms with Gasteiger partial charge in [-0.3, -0.25) is 19.0 Å². The molecule has 7 nitrogen and oxygen atoms in total. The van der Waals surface area contributed by atoms with E-state index in [9.17, 15) is 14.4 Å². The number of carboxylic acid groups (broad SMARTS) is 1. The van der Waals surface area contributed by atoms with Gasteiger partial charge in [0, 0.05) is 28.2 Å². The zero-order chi connectivity index (χ0) is 22.7. The number of rotatable bonds is 7. The summed E-state index contributed by atoms with van der Waals surface area (Å²) in [6, 6.07) is 11.9. The van der Waals surface area contributed by atoms with Crippen LogP contribution in [-0.2, 0) is 16.0 Å². The van der Waals surface area contributed by atoms with Gasteiger partial charge in [0.25, 0.3) is 5.91 Å². The summed E-state index contributed by atoms with van der Waals surface area (Å²) in [5.41, 5.74) is 2.37. The van der Waals surface area contributed by atoms with Gasteiger partial charge in [0.1, 0.15) is 12.3 Å². The molecule has 3 aromatic rings. The fourth-order valence-electron chi connectivity index (χ4n) is 3.60. The van der Waals surface area contributed by atoms with Gasteiger partial charge in [0.2, 0.25) is 5.91 Å². The van der Waals surface area contributed by atoms with Crippen LogP contribution >= 0.6 is 11.6 Å². The third-order valence-electron chi connectivity index (χ3n) is 5.22. The van der Waals surface area contributed by atoms with Crippen LogP contribution in [0.5, 0.6) is 5.75 Å². The molecule has 0 atom stereocenters. The number of benzene rings is 2. The van der Waals surface area contributed by atoms with Gasteiger partial charge >= 0.3 is 5.97 Å². The quantitative estimate of drug-likeness (QED) is 0.601. The maximum absolute atomic E-state index is 13.3. The van der Waals surface area contributed by atoms with E-state index >= 15 is 0 Å². The molecule has 0 aliphatic heterocycles. The van der Waals surface area contributed by atoms with Crippen LogP contribution < -0.4 is 4.74 Å². The first-order valence-corrected chi connectivity index (χ1v) is 10.1. The number of hydrogen-bond acceptors (Lipinski definition) is 4. The molecular weight excluding hydrogens is 420 g/mol. The second-order valence-electron chi connectivity index (χ2n) is 7.07. The number of carbonyl (C=O) groups excluding carboxylic acids is 2. The molecule has 8 heteroatoms. The third kappa shape index (κ3) is 4.56. The van der Waals surface area contributed by atoms with Crippen LogP contribution in [-0.4, -0.2) is 52.6 Å². The van der Waals surface area contributed by atoms with Gasteiger partial charge in [-0.15, -0.1) is 0 Å². The second kappa shape index (κ2) is 9.22. The lowest BCUT2D eigenvalue weighted by Gasteiger charge is -2.18. The van der Waals surface area contributed by atoms with Crippen molar-refractivity contribution in [1.82, 2.24) is 9.47 Å². The predicted molar refractivity (Wildman–Crippen MR) is 118 cm³/mol. The van der Waals surface area contributed by atoms with Crippen LogP contribution in [0.15, 0.2) is 42.5 Å². The molecule has 2 aromatic carbocycles. The number of carboxylic acids is 1. The number of halogens is 1. The molecule has 0 saturated heterocycles. The molecule has 0 radical (unpaired) electrons. The van der Waals surface area contributed by atoms with Crippen molar-refractivity contribution < 1.29 is 24.2 Å². The number of methoxy groups -OCH3 is 1. The van der Waals surface area contributed by atoms with E-state index in [0.717, 1.165) is 0 Å². The minimum atomic E-state index is -1.08. The molecule has 0 aliphatic rings. The van der Waals surface area contributed by atoms with Gasteiger partial charge in [-0.1, -0.05) is 11.6 Å². The maximum Gasteiger partial charge on any atom is 0.323 e. The molecule has 0 bridgehead atoms. The SMILES string of the molecule is CCN(CC(=O)O)C(=O)Cc1c(C)n(C(=O)c2ccc(Cl)cc2)c2ccc(OC)cc12. The van der Waals surface area contributed by atoms with Gasteiger partial charge in [0.05, 0.1) is 19.0 Å². The summed E-state index contributed by atoms with van der Waals surface area (Å²) in [5.74, 6) is -1.06. The number of carbonyl (C=O) groups is 3. The highest BCUT2D eigenvalue weighted by molar-refractivity contribution is 6.30. The monoisotopic (exact) mass is 442 g/mol. The molecule has 31 heavy (non-hydrogen) atoms. The van der Waals surface area contributed by atoms with Crippen molar-refractivity contribution in [2.24, 2.45) is 0 Å². The summed E-state index contributed by atoms with van der Waals surface area (Å²) in [6.45, 7) is 3.40. The topological polar surface area (TPSA) is 88.8 Å². The van der Waals surface area contributed by atoms with E-state index in [0.29, 0.717) is 38.5 Å². The Balaban J connectivity index is 2.11. The summed E-state index contributed by atoms with van der Waals surface area (Å²) in [5, 5.41) is 10.3. The van der Waals surface area contributed by atoms with Crippen LogP contribution in [0.25, 0.3) is 10.9 Å². The van der Waals surface area contributed by atoms with Crippen LogP contribution in [0.1, 0.15) is 28.5 Å². The average molecular weight is 443 g/mol. The van der Waals surface area contributed by atoms with E-state index in [1.54, 1.807) is 68.0 Å². The number of ether oxygens (including phenoxy) is 1. The Kier molecular flexibility index (Phi) is 6.65. The number of amides is 1. The molecule has 0 spiro atoms. The van der Waals surface area contributed by atoms with E-state index < -0.39 is 5.97 Å². The van der Waals surface area contributed by atoms with E-state index in [1.807, 2.05) is 0 Å². The Bertz CT molecular complexity index is 1150. The number of likely N-dealkylation sites (N-methyl/N-ethyl adjacent to an activating group) is 1. The first-order valence-electron chi connectivity index (χ1n) is 9.74. The molecule has 1 aromatic heterocycles. The van der Waals surface area contributed by atoms with Crippen LogP contribution in [0.4, 0.5) is 0 Å². The molecule has 1 N–H and O–H groups in total. The highest BCUT2D eigenvalue weighted by Gasteiger charge is 2.24. The summed E-state index contributed by atoms with van der Waals surface area (Å²) in [6.07, 6.45) is -0.0302. The van der Waals surface area contributed by atoms with Gasteiger partial charge in [-0.25, -0.2) is 0 Å². The van der Waals surface area contributed by atoms with Crippen molar-refractivity contribution in [2.75, 3.05) is 20.2 Å². The number of fused-ring (bicyclic) bond motifs is 1. The molecule has 0 saturated carbocycles. The van der Waals surface area contributed by atoms with Crippen molar-refractivity contribution in [3.63, 3.8) is 0 Å². The lowest BCUT2D eigenvalue weighted by molar-refractivity contribution is -0.144.